The lowest BCUT2D eigenvalue weighted by molar-refractivity contribution is -0.0385. The van der Waals surface area contributed by atoms with Gasteiger partial charge in [0.25, 0.3) is 0 Å². The van der Waals surface area contributed by atoms with E-state index in [9.17, 15) is 5.11 Å². The molecule has 0 aromatic rings. The molecule has 0 aliphatic carbocycles. The summed E-state index contributed by atoms with van der Waals surface area (Å²) in [4.78, 5) is 0. The summed E-state index contributed by atoms with van der Waals surface area (Å²) in [6.45, 7) is 6.05. The summed E-state index contributed by atoms with van der Waals surface area (Å²) in [5.74, 6) is 0.389. The molecule has 0 spiro atoms. The Morgan fingerprint density at radius 3 is 2.00 bits per heavy atom. The van der Waals surface area contributed by atoms with Crippen LogP contribution in [0.5, 0.6) is 0 Å². The Labute approximate surface area is 63.2 Å². The standard InChI is InChI=1S/C8H18O2/c1-5-7(9)8(10-4)6(2)3/h6-9H,5H2,1-4H3/t7-,8?/m0/s1. The first kappa shape index (κ1) is 9.92. The third-order valence-electron chi connectivity index (χ3n) is 1.73. The molecule has 0 bridgehead atoms. The van der Waals surface area contributed by atoms with Crippen molar-refractivity contribution in [2.75, 3.05) is 7.11 Å². The summed E-state index contributed by atoms with van der Waals surface area (Å²) < 4.78 is 5.11. The van der Waals surface area contributed by atoms with Gasteiger partial charge < -0.3 is 9.84 Å². The predicted octanol–water partition coefficient (Wildman–Crippen LogP) is 1.43. The molecule has 0 aliphatic heterocycles. The highest BCUT2D eigenvalue weighted by Gasteiger charge is 2.19. The molecular weight excluding hydrogens is 128 g/mol. The second-order valence-electron chi connectivity index (χ2n) is 2.92. The number of aliphatic hydroxyl groups excluding tert-OH is 1. The summed E-state index contributed by atoms with van der Waals surface area (Å²) in [6, 6.07) is 0. The van der Waals surface area contributed by atoms with E-state index < -0.39 is 0 Å². The van der Waals surface area contributed by atoms with Crippen molar-refractivity contribution in [2.24, 2.45) is 5.92 Å². The Balaban J connectivity index is 3.80. The SMILES string of the molecule is CC[C@H](O)C(OC)C(C)C. The van der Waals surface area contributed by atoms with Crippen molar-refractivity contribution in [3.8, 4) is 0 Å². The first-order valence-electron chi connectivity index (χ1n) is 3.84. The van der Waals surface area contributed by atoms with Crippen LogP contribution in [0.2, 0.25) is 0 Å². The average Bonchev–Trinajstić information content (AvgIpc) is 1.88. The molecular formula is C8H18O2. The lowest BCUT2D eigenvalue weighted by atomic mass is 10.0. The van der Waals surface area contributed by atoms with Crippen LogP contribution in [-0.2, 0) is 4.74 Å². The van der Waals surface area contributed by atoms with Crippen molar-refractivity contribution in [2.45, 2.75) is 39.4 Å². The molecule has 10 heavy (non-hydrogen) atoms. The van der Waals surface area contributed by atoms with Crippen molar-refractivity contribution in [3.05, 3.63) is 0 Å². The van der Waals surface area contributed by atoms with E-state index in [1.165, 1.54) is 0 Å². The zero-order valence-electron chi connectivity index (χ0n) is 7.29. The van der Waals surface area contributed by atoms with E-state index >= 15 is 0 Å². The number of aliphatic hydroxyl groups is 1. The molecule has 0 aromatic carbocycles. The maximum Gasteiger partial charge on any atom is 0.0852 e. The molecule has 0 rings (SSSR count). The molecule has 0 saturated carbocycles. The predicted molar refractivity (Wildman–Crippen MR) is 41.9 cm³/mol. The molecule has 1 N–H and O–H groups in total. The lowest BCUT2D eigenvalue weighted by Gasteiger charge is -2.23. The first-order valence-corrected chi connectivity index (χ1v) is 3.84. The zero-order chi connectivity index (χ0) is 8.15. The molecule has 0 aliphatic rings. The van der Waals surface area contributed by atoms with E-state index in [4.69, 9.17) is 4.74 Å². The van der Waals surface area contributed by atoms with Gasteiger partial charge in [0.1, 0.15) is 0 Å². The van der Waals surface area contributed by atoms with E-state index in [1.807, 2.05) is 20.8 Å². The Morgan fingerprint density at radius 2 is 1.90 bits per heavy atom. The van der Waals surface area contributed by atoms with Gasteiger partial charge in [-0.25, -0.2) is 0 Å². The van der Waals surface area contributed by atoms with Gasteiger partial charge in [0.15, 0.2) is 0 Å². The fraction of sp³-hybridized carbons (Fsp3) is 1.00. The molecule has 0 aromatic heterocycles. The van der Waals surface area contributed by atoms with Crippen molar-refractivity contribution in [1.29, 1.82) is 0 Å². The van der Waals surface area contributed by atoms with Gasteiger partial charge in [-0.2, -0.15) is 0 Å². The second-order valence-corrected chi connectivity index (χ2v) is 2.92. The van der Waals surface area contributed by atoms with Gasteiger partial charge in [-0.1, -0.05) is 20.8 Å². The lowest BCUT2D eigenvalue weighted by Crippen LogP contribution is -2.32. The molecule has 62 valence electrons. The Kier molecular flexibility index (Phi) is 4.65. The minimum Gasteiger partial charge on any atom is -0.390 e. The summed E-state index contributed by atoms with van der Waals surface area (Å²) in [7, 11) is 1.64. The monoisotopic (exact) mass is 146 g/mol. The van der Waals surface area contributed by atoms with Gasteiger partial charge >= 0.3 is 0 Å². The van der Waals surface area contributed by atoms with Gasteiger partial charge in [0, 0.05) is 7.11 Å². The summed E-state index contributed by atoms with van der Waals surface area (Å²) in [6.07, 6.45) is 0.437. The van der Waals surface area contributed by atoms with Crippen molar-refractivity contribution >= 4 is 0 Å². The largest absolute Gasteiger partial charge is 0.390 e. The van der Waals surface area contributed by atoms with E-state index in [0.29, 0.717) is 5.92 Å². The van der Waals surface area contributed by atoms with Gasteiger partial charge in [0.2, 0.25) is 0 Å². The third-order valence-corrected chi connectivity index (χ3v) is 1.73. The van der Waals surface area contributed by atoms with E-state index in [2.05, 4.69) is 0 Å². The molecule has 2 atom stereocenters. The Hall–Kier alpha value is -0.0800. The molecule has 0 fully saturated rings. The average molecular weight is 146 g/mol. The number of ether oxygens (including phenoxy) is 1. The molecule has 0 heterocycles. The zero-order valence-corrected chi connectivity index (χ0v) is 7.29. The van der Waals surface area contributed by atoms with Crippen LogP contribution in [0, 0.1) is 5.92 Å². The maximum absolute atomic E-state index is 9.36. The summed E-state index contributed by atoms with van der Waals surface area (Å²) in [5, 5.41) is 9.36. The topological polar surface area (TPSA) is 29.5 Å². The second kappa shape index (κ2) is 4.69. The summed E-state index contributed by atoms with van der Waals surface area (Å²) in [5.41, 5.74) is 0. The maximum atomic E-state index is 9.36. The fourth-order valence-electron chi connectivity index (χ4n) is 1.11. The van der Waals surface area contributed by atoms with E-state index in [1.54, 1.807) is 7.11 Å². The van der Waals surface area contributed by atoms with Crippen LogP contribution in [0.4, 0.5) is 0 Å². The number of hydrogen-bond acceptors (Lipinski definition) is 2. The Bertz CT molecular complexity index is 81.3. The first-order chi connectivity index (χ1) is 4.63. The minimum atomic E-state index is -0.315. The molecule has 2 heteroatoms. The quantitative estimate of drug-likeness (QED) is 0.650. The third kappa shape index (κ3) is 2.67. The molecule has 1 unspecified atom stereocenters. The van der Waals surface area contributed by atoms with Crippen molar-refractivity contribution < 1.29 is 9.84 Å². The van der Waals surface area contributed by atoms with Gasteiger partial charge in [-0.05, 0) is 12.3 Å². The number of hydrogen-bond donors (Lipinski definition) is 1. The Morgan fingerprint density at radius 1 is 1.40 bits per heavy atom. The molecule has 2 nitrogen and oxygen atoms in total. The summed E-state index contributed by atoms with van der Waals surface area (Å²) >= 11 is 0. The molecule has 0 saturated heterocycles. The van der Waals surface area contributed by atoms with Crippen LogP contribution in [0.15, 0.2) is 0 Å². The van der Waals surface area contributed by atoms with Crippen LogP contribution < -0.4 is 0 Å². The fourth-order valence-corrected chi connectivity index (χ4v) is 1.11. The smallest absolute Gasteiger partial charge is 0.0852 e. The van der Waals surface area contributed by atoms with Crippen molar-refractivity contribution in [1.82, 2.24) is 0 Å². The van der Waals surface area contributed by atoms with Gasteiger partial charge in [0.05, 0.1) is 12.2 Å². The van der Waals surface area contributed by atoms with Crippen LogP contribution in [0.3, 0.4) is 0 Å². The van der Waals surface area contributed by atoms with Crippen LogP contribution in [-0.4, -0.2) is 24.4 Å². The van der Waals surface area contributed by atoms with Crippen LogP contribution in [0.25, 0.3) is 0 Å². The van der Waals surface area contributed by atoms with E-state index in [0.717, 1.165) is 6.42 Å². The molecule has 0 radical (unpaired) electrons. The highest BCUT2D eigenvalue weighted by molar-refractivity contribution is 4.69. The highest BCUT2D eigenvalue weighted by atomic mass is 16.5. The minimum absolute atomic E-state index is 0.00926. The van der Waals surface area contributed by atoms with Gasteiger partial charge in [-0.15, -0.1) is 0 Å². The van der Waals surface area contributed by atoms with Crippen LogP contribution in [0.1, 0.15) is 27.2 Å². The molecule has 0 amide bonds. The van der Waals surface area contributed by atoms with Crippen LogP contribution >= 0.6 is 0 Å². The van der Waals surface area contributed by atoms with E-state index in [-0.39, 0.29) is 12.2 Å². The number of methoxy groups -OCH3 is 1. The van der Waals surface area contributed by atoms with Gasteiger partial charge in [-0.3, -0.25) is 0 Å². The van der Waals surface area contributed by atoms with Crippen molar-refractivity contribution in [3.63, 3.8) is 0 Å². The normalized spacial score (nSPS) is 17.4. The number of rotatable bonds is 4. The highest BCUT2D eigenvalue weighted by Crippen LogP contribution is 2.11.